The molecule has 0 saturated heterocycles. The van der Waals surface area contributed by atoms with Crippen molar-refractivity contribution in [2.45, 2.75) is 4.43 Å². The van der Waals surface area contributed by atoms with Gasteiger partial charge in [-0.1, -0.05) is 64.5 Å². The van der Waals surface area contributed by atoms with Crippen LogP contribution in [0.2, 0.25) is 5.15 Å². The van der Waals surface area contributed by atoms with Crippen molar-refractivity contribution in [3.05, 3.63) is 53.4 Å². The molecule has 2 aromatic heterocycles. The normalized spacial score (nSPS) is 11.0. The fourth-order valence-electron chi connectivity index (χ4n) is 1.98. The summed E-state index contributed by atoms with van der Waals surface area (Å²) in [5.74, 6) is 0. The molecule has 1 aromatic carbocycles. The number of fused-ring (bicyclic) bond motifs is 1. The predicted molar refractivity (Wildman–Crippen MR) is 81.2 cm³/mol. The lowest BCUT2D eigenvalue weighted by atomic mass is 10.1. The second kappa shape index (κ2) is 4.85. The highest BCUT2D eigenvalue weighted by Crippen LogP contribution is 2.31. The van der Waals surface area contributed by atoms with Crippen LogP contribution < -0.4 is 0 Å². The second-order valence-corrected chi connectivity index (χ2v) is 4.95. The lowest BCUT2D eigenvalue weighted by molar-refractivity contribution is 0.895. The third kappa shape index (κ3) is 1.89. The number of nitrogens with zero attached hydrogens (tertiary/aromatic N) is 3. The summed E-state index contributed by atoms with van der Waals surface area (Å²) in [7, 11) is 0. The van der Waals surface area contributed by atoms with Crippen LogP contribution in [0.25, 0.3) is 16.8 Å². The molecule has 0 saturated carbocycles. The van der Waals surface area contributed by atoms with Crippen LogP contribution in [0.4, 0.5) is 0 Å². The van der Waals surface area contributed by atoms with Gasteiger partial charge in [0.25, 0.3) is 0 Å². The van der Waals surface area contributed by atoms with Gasteiger partial charge in [0, 0.05) is 16.1 Å². The molecule has 90 valence electrons. The van der Waals surface area contributed by atoms with Crippen molar-refractivity contribution in [2.75, 3.05) is 0 Å². The molecule has 3 rings (SSSR count). The number of halogens is 2. The second-order valence-electron chi connectivity index (χ2n) is 3.83. The van der Waals surface area contributed by atoms with Crippen molar-refractivity contribution in [1.82, 2.24) is 14.6 Å². The monoisotopic (exact) mass is 369 g/mol. The summed E-state index contributed by atoms with van der Waals surface area (Å²) in [5.41, 5.74) is 3.88. The molecule has 0 N–H and O–H groups in total. The summed E-state index contributed by atoms with van der Waals surface area (Å²) >= 11 is 8.64. The molecule has 18 heavy (non-hydrogen) atoms. The van der Waals surface area contributed by atoms with E-state index in [2.05, 4.69) is 32.7 Å². The van der Waals surface area contributed by atoms with Gasteiger partial charge in [-0.15, -0.1) is 0 Å². The maximum atomic E-state index is 6.32. The minimum absolute atomic E-state index is 0.529. The minimum atomic E-state index is 0.529. The molecule has 0 atom stereocenters. The van der Waals surface area contributed by atoms with Crippen LogP contribution in [0.5, 0.6) is 0 Å². The van der Waals surface area contributed by atoms with Crippen LogP contribution in [0.3, 0.4) is 0 Å². The van der Waals surface area contributed by atoms with Gasteiger partial charge >= 0.3 is 0 Å². The van der Waals surface area contributed by atoms with Gasteiger partial charge in [-0.3, -0.25) is 0 Å². The summed E-state index contributed by atoms with van der Waals surface area (Å²) in [6, 6.07) is 11.9. The van der Waals surface area contributed by atoms with E-state index in [4.69, 9.17) is 11.6 Å². The Labute approximate surface area is 123 Å². The highest BCUT2D eigenvalue weighted by atomic mass is 127. The molecule has 0 unspecified atom stereocenters. The van der Waals surface area contributed by atoms with Gasteiger partial charge in [0.05, 0.1) is 11.9 Å². The summed E-state index contributed by atoms with van der Waals surface area (Å²) in [6.07, 6.45) is 1.74. The Balaban J connectivity index is 2.37. The molecule has 0 bridgehead atoms. The Bertz CT molecular complexity index is 694. The van der Waals surface area contributed by atoms with Crippen molar-refractivity contribution in [3.63, 3.8) is 0 Å². The van der Waals surface area contributed by atoms with Crippen molar-refractivity contribution < 1.29 is 0 Å². The van der Waals surface area contributed by atoms with E-state index in [-0.39, 0.29) is 0 Å². The van der Waals surface area contributed by atoms with Crippen molar-refractivity contribution in [2.24, 2.45) is 0 Å². The number of benzene rings is 1. The van der Waals surface area contributed by atoms with Crippen LogP contribution in [0.15, 0.2) is 42.6 Å². The third-order valence-corrected chi connectivity index (χ3v) is 3.77. The van der Waals surface area contributed by atoms with Gasteiger partial charge in [-0.2, -0.15) is 5.10 Å². The summed E-state index contributed by atoms with van der Waals surface area (Å²) in [4.78, 5) is 4.38. The number of hydrogen-bond donors (Lipinski definition) is 0. The maximum absolute atomic E-state index is 6.32. The average molecular weight is 370 g/mol. The molecule has 3 aromatic rings. The molecule has 0 aliphatic rings. The van der Waals surface area contributed by atoms with Crippen molar-refractivity contribution in [1.29, 1.82) is 0 Å². The number of rotatable bonds is 2. The lowest BCUT2D eigenvalue weighted by Gasteiger charge is -2.11. The van der Waals surface area contributed by atoms with Gasteiger partial charge in [0.1, 0.15) is 5.15 Å². The van der Waals surface area contributed by atoms with E-state index < -0.39 is 0 Å². The van der Waals surface area contributed by atoms with E-state index in [0.29, 0.717) is 5.15 Å². The van der Waals surface area contributed by atoms with Crippen LogP contribution in [-0.2, 0) is 4.43 Å². The Morgan fingerprint density at radius 3 is 2.67 bits per heavy atom. The molecule has 5 heteroatoms. The molecule has 2 heterocycles. The number of hydrogen-bond acceptors (Lipinski definition) is 2. The molecular weight excluding hydrogens is 361 g/mol. The maximum Gasteiger partial charge on any atom is 0.157 e. The van der Waals surface area contributed by atoms with Crippen LogP contribution in [0, 0.1) is 0 Å². The van der Waals surface area contributed by atoms with Crippen molar-refractivity contribution >= 4 is 39.8 Å². The van der Waals surface area contributed by atoms with Gasteiger partial charge in [-0.25, -0.2) is 9.50 Å². The van der Waals surface area contributed by atoms with Gasteiger partial charge in [-0.05, 0) is 5.56 Å². The van der Waals surface area contributed by atoms with Crippen LogP contribution in [0.1, 0.15) is 5.69 Å². The fourth-order valence-corrected chi connectivity index (χ4v) is 2.99. The first kappa shape index (κ1) is 11.9. The van der Waals surface area contributed by atoms with Crippen molar-refractivity contribution in [3.8, 4) is 11.1 Å². The Kier molecular flexibility index (Phi) is 3.22. The highest BCUT2D eigenvalue weighted by Gasteiger charge is 2.15. The Morgan fingerprint density at radius 2 is 1.94 bits per heavy atom. The number of alkyl halides is 1. The standard InChI is InChI=1S/C13H9ClIN3/c14-13-12(9-4-2-1-3-5-9)10(8-15)18-11(17-13)6-7-16-18/h1-7H,8H2. The zero-order valence-corrected chi connectivity index (χ0v) is 12.3. The number of aromatic nitrogens is 3. The highest BCUT2D eigenvalue weighted by molar-refractivity contribution is 14.1. The topological polar surface area (TPSA) is 30.2 Å². The molecule has 0 amide bonds. The third-order valence-electron chi connectivity index (χ3n) is 2.78. The van der Waals surface area contributed by atoms with E-state index in [1.54, 1.807) is 6.20 Å². The van der Waals surface area contributed by atoms with Crippen LogP contribution >= 0.6 is 34.2 Å². The first-order chi connectivity index (χ1) is 8.81. The molecule has 0 spiro atoms. The molecule has 0 radical (unpaired) electrons. The van der Waals surface area contributed by atoms with E-state index >= 15 is 0 Å². The Morgan fingerprint density at radius 1 is 1.17 bits per heavy atom. The Hall–Kier alpha value is -1.14. The fraction of sp³-hybridized carbons (Fsp3) is 0.0769. The SMILES string of the molecule is Clc1nc2ccnn2c(CI)c1-c1ccccc1. The van der Waals surface area contributed by atoms with E-state index in [1.807, 2.05) is 40.9 Å². The van der Waals surface area contributed by atoms with E-state index in [1.165, 1.54) is 0 Å². The van der Waals surface area contributed by atoms with Gasteiger partial charge in [0.15, 0.2) is 5.65 Å². The van der Waals surface area contributed by atoms with E-state index in [9.17, 15) is 0 Å². The summed E-state index contributed by atoms with van der Waals surface area (Å²) in [6.45, 7) is 0. The first-order valence-electron chi connectivity index (χ1n) is 5.45. The summed E-state index contributed by atoms with van der Waals surface area (Å²) < 4.78 is 2.67. The first-order valence-corrected chi connectivity index (χ1v) is 7.35. The zero-order valence-electron chi connectivity index (χ0n) is 9.35. The quantitative estimate of drug-likeness (QED) is 0.388. The molecule has 0 fully saturated rings. The van der Waals surface area contributed by atoms with E-state index in [0.717, 1.165) is 26.9 Å². The average Bonchev–Trinajstić information content (AvgIpc) is 2.85. The molecule has 3 nitrogen and oxygen atoms in total. The predicted octanol–water partition coefficient (Wildman–Crippen LogP) is 3.98. The largest absolute Gasteiger partial charge is 0.218 e. The zero-order chi connectivity index (χ0) is 12.5. The van der Waals surface area contributed by atoms with Gasteiger partial charge < -0.3 is 0 Å². The smallest absolute Gasteiger partial charge is 0.157 e. The van der Waals surface area contributed by atoms with Crippen LogP contribution in [-0.4, -0.2) is 14.6 Å². The minimum Gasteiger partial charge on any atom is -0.218 e. The van der Waals surface area contributed by atoms with Gasteiger partial charge in [0.2, 0.25) is 0 Å². The lowest BCUT2D eigenvalue weighted by Crippen LogP contribution is -2.02. The molecular formula is C13H9ClIN3. The molecule has 0 aliphatic carbocycles. The molecule has 0 aliphatic heterocycles. The summed E-state index contributed by atoms with van der Waals surface area (Å²) in [5, 5.41) is 4.84.